The lowest BCUT2D eigenvalue weighted by Gasteiger charge is -2.35. The summed E-state index contributed by atoms with van der Waals surface area (Å²) in [7, 11) is 1.68. The first kappa shape index (κ1) is 15.6. The molecule has 3 atom stereocenters. The highest BCUT2D eigenvalue weighted by Gasteiger charge is 2.46. The summed E-state index contributed by atoms with van der Waals surface area (Å²) in [6.07, 6.45) is 2.20. The monoisotopic (exact) mass is 313 g/mol. The molecule has 122 valence electrons. The largest absolute Gasteiger partial charge is 0.496 e. The summed E-state index contributed by atoms with van der Waals surface area (Å²) in [4.78, 5) is 12.8. The molecule has 5 heteroatoms. The predicted molar refractivity (Wildman–Crippen MR) is 89.6 cm³/mol. The molecule has 0 aliphatic carbocycles. The normalized spacial score (nSPS) is 26.8. The van der Waals surface area contributed by atoms with E-state index >= 15 is 0 Å². The standard InChI is InChI=1S/C18H23N3O2/c1-5-8-13-11(2)19-17-16(12(3)20-21(17)18(13)22)14-9-6-7-10-15(14)23-4/h5-7,9-10,12,16-17,19-20H,1,8H2,2-4H3. The van der Waals surface area contributed by atoms with Gasteiger partial charge in [-0.25, -0.2) is 5.43 Å². The van der Waals surface area contributed by atoms with Gasteiger partial charge in [-0.15, -0.1) is 6.58 Å². The average molecular weight is 313 g/mol. The van der Waals surface area contributed by atoms with Crippen molar-refractivity contribution in [1.29, 1.82) is 0 Å². The fourth-order valence-electron chi connectivity index (χ4n) is 3.53. The van der Waals surface area contributed by atoms with Crippen LogP contribution in [0.5, 0.6) is 5.75 Å². The molecule has 3 unspecified atom stereocenters. The predicted octanol–water partition coefficient (Wildman–Crippen LogP) is 2.29. The number of rotatable bonds is 4. The van der Waals surface area contributed by atoms with Crippen molar-refractivity contribution in [3.63, 3.8) is 0 Å². The number of nitrogens with zero attached hydrogens (tertiary/aromatic N) is 1. The minimum absolute atomic E-state index is 0.0235. The zero-order valence-corrected chi connectivity index (χ0v) is 13.8. The zero-order valence-electron chi connectivity index (χ0n) is 13.8. The lowest BCUT2D eigenvalue weighted by Crippen LogP contribution is -2.54. The zero-order chi connectivity index (χ0) is 16.6. The van der Waals surface area contributed by atoms with Gasteiger partial charge in [0, 0.05) is 28.8 Å². The van der Waals surface area contributed by atoms with Gasteiger partial charge in [-0.2, -0.15) is 0 Å². The van der Waals surface area contributed by atoms with Crippen LogP contribution < -0.4 is 15.5 Å². The van der Waals surface area contributed by atoms with Crippen LogP contribution in [0.2, 0.25) is 0 Å². The number of allylic oxidation sites excluding steroid dienone is 2. The van der Waals surface area contributed by atoms with E-state index in [4.69, 9.17) is 4.74 Å². The fourth-order valence-corrected chi connectivity index (χ4v) is 3.53. The molecule has 1 aromatic carbocycles. The van der Waals surface area contributed by atoms with Crippen molar-refractivity contribution >= 4 is 5.91 Å². The third-order valence-corrected chi connectivity index (χ3v) is 4.64. The van der Waals surface area contributed by atoms with Crippen LogP contribution in [0.1, 0.15) is 31.7 Å². The number of hydrogen-bond donors (Lipinski definition) is 2. The Bertz CT molecular complexity index is 668. The number of fused-ring (bicyclic) bond motifs is 1. The van der Waals surface area contributed by atoms with Gasteiger partial charge in [-0.3, -0.25) is 9.80 Å². The molecular weight excluding hydrogens is 290 g/mol. The Kier molecular flexibility index (Phi) is 4.13. The summed E-state index contributed by atoms with van der Waals surface area (Å²) in [6, 6.07) is 8.10. The molecule has 3 rings (SSSR count). The Morgan fingerprint density at radius 3 is 2.83 bits per heavy atom. The second-order valence-electron chi connectivity index (χ2n) is 6.05. The minimum Gasteiger partial charge on any atom is -0.496 e. The molecule has 5 nitrogen and oxygen atoms in total. The van der Waals surface area contributed by atoms with E-state index in [-0.39, 0.29) is 24.0 Å². The van der Waals surface area contributed by atoms with E-state index in [2.05, 4.69) is 30.3 Å². The third kappa shape index (κ3) is 2.51. The van der Waals surface area contributed by atoms with Crippen molar-refractivity contribution in [2.45, 2.75) is 38.4 Å². The molecule has 2 heterocycles. The van der Waals surface area contributed by atoms with E-state index in [1.807, 2.05) is 25.1 Å². The molecule has 1 amide bonds. The van der Waals surface area contributed by atoms with Crippen LogP contribution in [0.4, 0.5) is 0 Å². The van der Waals surface area contributed by atoms with Crippen LogP contribution in [0, 0.1) is 0 Å². The molecule has 1 fully saturated rings. The number of para-hydroxylation sites is 1. The quantitative estimate of drug-likeness (QED) is 0.838. The maximum atomic E-state index is 12.8. The number of nitrogens with one attached hydrogen (secondary N) is 2. The summed E-state index contributed by atoms with van der Waals surface area (Å²) in [5, 5.41) is 5.21. The topological polar surface area (TPSA) is 53.6 Å². The minimum atomic E-state index is -0.123. The first-order chi connectivity index (χ1) is 11.1. The Hall–Kier alpha value is -2.27. The lowest BCUT2D eigenvalue weighted by molar-refractivity contribution is -0.132. The van der Waals surface area contributed by atoms with Crippen molar-refractivity contribution in [3.05, 3.63) is 53.8 Å². The molecular formula is C18H23N3O2. The summed E-state index contributed by atoms with van der Waals surface area (Å²) in [5.41, 5.74) is 6.10. The highest BCUT2D eigenvalue weighted by molar-refractivity contribution is 5.95. The molecule has 0 bridgehead atoms. The molecule has 0 radical (unpaired) electrons. The summed E-state index contributed by atoms with van der Waals surface area (Å²) in [6.45, 7) is 7.78. The third-order valence-electron chi connectivity index (χ3n) is 4.64. The van der Waals surface area contributed by atoms with E-state index < -0.39 is 0 Å². The number of hydrazine groups is 1. The number of amides is 1. The Morgan fingerprint density at radius 1 is 1.39 bits per heavy atom. The van der Waals surface area contributed by atoms with Gasteiger partial charge in [0.1, 0.15) is 11.9 Å². The Labute approximate surface area is 137 Å². The van der Waals surface area contributed by atoms with Gasteiger partial charge in [-0.1, -0.05) is 24.3 Å². The number of carbonyl (C=O) groups is 1. The van der Waals surface area contributed by atoms with E-state index in [0.717, 1.165) is 22.6 Å². The van der Waals surface area contributed by atoms with Gasteiger partial charge in [0.05, 0.1) is 7.11 Å². The molecule has 1 aromatic rings. The van der Waals surface area contributed by atoms with Crippen molar-refractivity contribution in [3.8, 4) is 5.75 Å². The first-order valence-electron chi connectivity index (χ1n) is 7.88. The van der Waals surface area contributed by atoms with Crippen LogP contribution in [-0.2, 0) is 4.79 Å². The highest BCUT2D eigenvalue weighted by Crippen LogP contribution is 2.38. The van der Waals surface area contributed by atoms with Gasteiger partial charge in [0.15, 0.2) is 0 Å². The Morgan fingerprint density at radius 2 is 2.13 bits per heavy atom. The van der Waals surface area contributed by atoms with Gasteiger partial charge < -0.3 is 10.1 Å². The van der Waals surface area contributed by atoms with Gasteiger partial charge in [0.2, 0.25) is 0 Å². The molecule has 2 aliphatic rings. The van der Waals surface area contributed by atoms with Gasteiger partial charge >= 0.3 is 0 Å². The van der Waals surface area contributed by atoms with E-state index in [1.54, 1.807) is 18.2 Å². The molecule has 0 aromatic heterocycles. The van der Waals surface area contributed by atoms with Gasteiger partial charge in [-0.05, 0) is 26.3 Å². The van der Waals surface area contributed by atoms with Crippen LogP contribution in [0.3, 0.4) is 0 Å². The maximum Gasteiger partial charge on any atom is 0.267 e. The molecule has 1 saturated heterocycles. The molecule has 0 spiro atoms. The van der Waals surface area contributed by atoms with E-state index in [9.17, 15) is 4.79 Å². The molecule has 0 saturated carbocycles. The van der Waals surface area contributed by atoms with Crippen molar-refractivity contribution in [2.75, 3.05) is 7.11 Å². The number of carbonyl (C=O) groups excluding carboxylic acids is 1. The average Bonchev–Trinajstić information content (AvgIpc) is 2.87. The fraction of sp³-hybridized carbons (Fsp3) is 0.389. The van der Waals surface area contributed by atoms with E-state index in [1.165, 1.54) is 0 Å². The van der Waals surface area contributed by atoms with Crippen LogP contribution in [0.15, 0.2) is 48.2 Å². The van der Waals surface area contributed by atoms with Crippen LogP contribution >= 0.6 is 0 Å². The number of hydrogen-bond acceptors (Lipinski definition) is 4. The SMILES string of the molecule is C=CCC1=C(C)NC2C(c3ccccc3OC)C(C)NN2C1=O. The maximum absolute atomic E-state index is 12.8. The lowest BCUT2D eigenvalue weighted by atomic mass is 9.89. The number of methoxy groups -OCH3 is 1. The van der Waals surface area contributed by atoms with Crippen molar-refractivity contribution in [2.24, 2.45) is 0 Å². The second kappa shape index (κ2) is 6.08. The van der Waals surface area contributed by atoms with E-state index in [0.29, 0.717) is 6.42 Å². The summed E-state index contributed by atoms with van der Waals surface area (Å²) in [5.74, 6) is 0.978. The van der Waals surface area contributed by atoms with Crippen LogP contribution in [-0.4, -0.2) is 30.2 Å². The van der Waals surface area contributed by atoms with Crippen molar-refractivity contribution in [1.82, 2.24) is 15.8 Å². The summed E-state index contributed by atoms with van der Waals surface area (Å²) >= 11 is 0. The molecule has 2 N–H and O–H groups in total. The Balaban J connectivity index is 1.99. The second-order valence-corrected chi connectivity index (χ2v) is 6.05. The highest BCUT2D eigenvalue weighted by atomic mass is 16.5. The van der Waals surface area contributed by atoms with Crippen LogP contribution in [0.25, 0.3) is 0 Å². The number of ether oxygens (including phenoxy) is 1. The first-order valence-corrected chi connectivity index (χ1v) is 7.88. The number of benzene rings is 1. The van der Waals surface area contributed by atoms with Gasteiger partial charge in [0.25, 0.3) is 5.91 Å². The molecule has 23 heavy (non-hydrogen) atoms. The van der Waals surface area contributed by atoms with Crippen molar-refractivity contribution < 1.29 is 9.53 Å². The smallest absolute Gasteiger partial charge is 0.267 e. The molecule has 2 aliphatic heterocycles. The summed E-state index contributed by atoms with van der Waals surface area (Å²) < 4.78 is 5.51.